The van der Waals surface area contributed by atoms with Crippen molar-refractivity contribution in [3.05, 3.63) is 344 Å². The van der Waals surface area contributed by atoms with Crippen LogP contribution >= 0.6 is 22.7 Å². The van der Waals surface area contributed by atoms with E-state index in [4.69, 9.17) is 24.9 Å². The van der Waals surface area contributed by atoms with Crippen molar-refractivity contribution < 1.29 is 0 Å². The Labute approximate surface area is 620 Å². The first-order valence-electron chi connectivity index (χ1n) is 36.2. The molecule has 2 aliphatic carbocycles. The number of para-hydroxylation sites is 2. The molecular formula is C97H65N7S2. The number of aromatic nitrogens is 7. The van der Waals surface area contributed by atoms with E-state index in [0.717, 1.165) is 66.7 Å². The Morgan fingerprint density at radius 1 is 0.236 bits per heavy atom. The van der Waals surface area contributed by atoms with Crippen molar-refractivity contribution in [2.24, 2.45) is 0 Å². The fraction of sp³-hybridized carbons (Fsp3) is 0.0619. The van der Waals surface area contributed by atoms with Gasteiger partial charge in [-0.1, -0.05) is 270 Å². The minimum Gasteiger partial charge on any atom is -0.309 e. The number of hydrogen-bond donors (Lipinski definition) is 0. The Morgan fingerprint density at radius 3 is 1.08 bits per heavy atom. The third-order valence-corrected chi connectivity index (χ3v) is 24.7. The van der Waals surface area contributed by atoms with Crippen LogP contribution < -0.4 is 0 Å². The smallest absolute Gasteiger partial charge is 0.165 e. The van der Waals surface area contributed by atoms with E-state index >= 15 is 0 Å². The van der Waals surface area contributed by atoms with Crippen LogP contribution in [-0.2, 0) is 10.8 Å². The van der Waals surface area contributed by atoms with E-state index in [2.05, 4.69) is 316 Å². The fourth-order valence-corrected chi connectivity index (χ4v) is 19.5. The molecule has 0 fully saturated rings. The highest BCUT2D eigenvalue weighted by Crippen LogP contribution is 2.54. The van der Waals surface area contributed by atoms with Crippen LogP contribution in [0.2, 0.25) is 0 Å². The maximum atomic E-state index is 5.34. The van der Waals surface area contributed by atoms with Gasteiger partial charge in [0.15, 0.2) is 23.3 Å². The summed E-state index contributed by atoms with van der Waals surface area (Å²) in [6, 6.07) is 116. The number of nitrogens with zero attached hydrogens (tertiary/aromatic N) is 7. The SMILES string of the molecule is CC1(C)c2ccccc2-c2cc3c4ccccc4n(-c4cc(-c5cc(-c6ccccc6)nc(-c6ccccc6)n5)c5sc6ccccc6c5c4)c3cc21.CC1(C)c2ccccc2-c2cc3c4ccccc4n(-c4cc(-c5nc(-c6ccccc6)nc(-c6ccccc6)n5)c5sc6ccccc6c5c4)c3cc21. The zero-order chi connectivity index (χ0) is 70.5. The maximum absolute atomic E-state index is 5.34. The molecule has 0 aliphatic heterocycles. The highest BCUT2D eigenvalue weighted by molar-refractivity contribution is 7.26. The van der Waals surface area contributed by atoms with Crippen LogP contribution in [0.25, 0.3) is 186 Å². The molecule has 22 rings (SSSR count). The summed E-state index contributed by atoms with van der Waals surface area (Å²) in [7, 11) is 0. The first kappa shape index (κ1) is 61.8. The lowest BCUT2D eigenvalue weighted by molar-refractivity contribution is 0.661. The number of hydrogen-bond acceptors (Lipinski definition) is 7. The predicted molar refractivity (Wildman–Crippen MR) is 444 cm³/mol. The Bertz CT molecular complexity index is 6470. The van der Waals surface area contributed by atoms with E-state index in [0.29, 0.717) is 17.5 Å². The molecule has 6 aromatic heterocycles. The van der Waals surface area contributed by atoms with Crippen molar-refractivity contribution in [2.45, 2.75) is 38.5 Å². The second-order valence-corrected chi connectivity index (χ2v) is 31.1. The standard InChI is InChI=1S/C49H33N3S.C48H32N4S/c1-49(2)40-22-12-9-19-33(40)36-27-37-34-20-10-13-23-44(34)52(45(37)28-41(36)49)32-25-38-35-21-11-14-24-46(35)53-47(38)39(26-32)43-29-42(30-15-5-3-6-16-30)50-48(51-43)31-17-7-4-8-18-31;1-48(2)39-22-12-9-19-32(39)35-27-36-33-20-10-13-23-41(33)52(42(36)28-40(35)48)31-25-37-34-21-11-14-24-43(34)53-44(37)38(26-31)47-50-45(29-15-5-3-6-16-29)49-46(51-47)30-17-7-4-8-18-30/h3-29H,1-2H3;3-28H,1-2H3. The minimum atomic E-state index is -0.118. The van der Waals surface area contributed by atoms with Gasteiger partial charge in [-0.25, -0.2) is 24.9 Å². The van der Waals surface area contributed by atoms with Crippen molar-refractivity contribution in [1.29, 1.82) is 0 Å². The molecule has 0 saturated heterocycles. The molecule has 0 N–H and O–H groups in total. The highest BCUT2D eigenvalue weighted by atomic mass is 32.1. The van der Waals surface area contributed by atoms with Crippen molar-refractivity contribution in [3.63, 3.8) is 0 Å². The maximum Gasteiger partial charge on any atom is 0.165 e. The van der Waals surface area contributed by atoms with Crippen molar-refractivity contribution >= 4 is 107 Å². The van der Waals surface area contributed by atoms with Crippen LogP contribution in [0.4, 0.5) is 0 Å². The molecule has 6 heterocycles. The van der Waals surface area contributed by atoms with Gasteiger partial charge in [-0.3, -0.25) is 0 Å². The monoisotopic (exact) mass is 1390 g/mol. The van der Waals surface area contributed by atoms with Gasteiger partial charge in [-0.15, -0.1) is 22.7 Å². The largest absolute Gasteiger partial charge is 0.309 e. The van der Waals surface area contributed by atoms with Gasteiger partial charge in [0.25, 0.3) is 0 Å². The molecule has 0 unspecified atom stereocenters. The Kier molecular flexibility index (Phi) is 13.9. The van der Waals surface area contributed by atoms with Gasteiger partial charge in [-0.2, -0.15) is 0 Å². The van der Waals surface area contributed by atoms with E-state index < -0.39 is 0 Å². The number of benzene rings is 14. The summed E-state index contributed by atoms with van der Waals surface area (Å²) < 4.78 is 9.83. The van der Waals surface area contributed by atoms with Crippen LogP contribution in [-0.4, -0.2) is 34.1 Å². The topological polar surface area (TPSA) is 74.3 Å². The van der Waals surface area contributed by atoms with E-state index in [9.17, 15) is 0 Å². The average molecular weight is 1390 g/mol. The van der Waals surface area contributed by atoms with Gasteiger partial charge < -0.3 is 9.13 Å². The molecule has 7 nitrogen and oxygen atoms in total. The molecule has 0 saturated carbocycles. The van der Waals surface area contributed by atoms with Gasteiger partial charge in [0.1, 0.15) is 0 Å². The molecule has 0 amide bonds. The summed E-state index contributed by atoms with van der Waals surface area (Å²) in [6.45, 7) is 9.44. The lowest BCUT2D eigenvalue weighted by Gasteiger charge is -2.21. The summed E-state index contributed by atoms with van der Waals surface area (Å²) in [5, 5.41) is 9.93. The summed E-state index contributed by atoms with van der Waals surface area (Å²) in [4.78, 5) is 25.9. The Balaban J connectivity index is 0.000000136. The number of fused-ring (bicyclic) bond motifs is 18. The summed E-state index contributed by atoms with van der Waals surface area (Å²) in [5.74, 6) is 2.69. The lowest BCUT2D eigenvalue weighted by Crippen LogP contribution is -2.15. The lowest BCUT2D eigenvalue weighted by atomic mass is 9.82. The quantitative estimate of drug-likeness (QED) is 0.152. The van der Waals surface area contributed by atoms with Gasteiger partial charge >= 0.3 is 0 Å². The van der Waals surface area contributed by atoms with E-state index in [1.165, 1.54) is 124 Å². The number of thiophene rings is 2. The molecule has 0 radical (unpaired) electrons. The van der Waals surface area contributed by atoms with Crippen molar-refractivity contribution in [3.8, 4) is 102 Å². The van der Waals surface area contributed by atoms with Gasteiger partial charge in [0, 0.05) is 117 Å². The first-order valence-corrected chi connectivity index (χ1v) is 37.8. The van der Waals surface area contributed by atoms with Crippen molar-refractivity contribution in [2.75, 3.05) is 0 Å². The number of rotatable bonds is 8. The molecule has 20 aromatic rings. The normalized spacial score (nSPS) is 13.2. The molecule has 2 aliphatic rings. The molecule has 500 valence electrons. The summed E-state index contributed by atoms with van der Waals surface area (Å²) >= 11 is 3.64. The summed E-state index contributed by atoms with van der Waals surface area (Å²) in [5.41, 5.74) is 25.5. The summed E-state index contributed by atoms with van der Waals surface area (Å²) in [6.07, 6.45) is 0. The predicted octanol–water partition coefficient (Wildman–Crippen LogP) is 25.9. The van der Waals surface area contributed by atoms with E-state index in [-0.39, 0.29) is 10.8 Å². The molecule has 9 heteroatoms. The van der Waals surface area contributed by atoms with Gasteiger partial charge in [0.2, 0.25) is 0 Å². The highest BCUT2D eigenvalue weighted by Gasteiger charge is 2.38. The molecular weight excluding hydrogens is 1330 g/mol. The molecule has 0 bridgehead atoms. The Hall–Kier alpha value is -12.8. The third kappa shape index (κ3) is 9.66. The van der Waals surface area contributed by atoms with Crippen LogP contribution in [0.15, 0.2) is 322 Å². The molecule has 0 atom stereocenters. The van der Waals surface area contributed by atoms with Crippen LogP contribution in [0, 0.1) is 0 Å². The minimum absolute atomic E-state index is 0.108. The zero-order valence-electron chi connectivity index (χ0n) is 58.5. The van der Waals surface area contributed by atoms with Gasteiger partial charge in [0.05, 0.1) is 33.5 Å². The third-order valence-electron chi connectivity index (χ3n) is 22.2. The van der Waals surface area contributed by atoms with Crippen molar-refractivity contribution in [1.82, 2.24) is 34.1 Å². The first-order chi connectivity index (χ1) is 52.1. The fourth-order valence-electron chi connectivity index (χ4n) is 17.1. The molecule has 0 spiro atoms. The average Bonchev–Trinajstić information content (AvgIpc) is 1.55. The van der Waals surface area contributed by atoms with Crippen LogP contribution in [0.1, 0.15) is 49.9 Å². The molecule has 14 aromatic carbocycles. The Morgan fingerprint density at radius 2 is 0.604 bits per heavy atom. The van der Waals surface area contributed by atoms with Gasteiger partial charge in [-0.05, 0) is 123 Å². The second kappa shape index (κ2) is 23.9. The van der Waals surface area contributed by atoms with Crippen LogP contribution in [0.5, 0.6) is 0 Å². The van der Waals surface area contributed by atoms with E-state index in [1.807, 2.05) is 53.8 Å². The van der Waals surface area contributed by atoms with Crippen LogP contribution in [0.3, 0.4) is 0 Å². The zero-order valence-corrected chi connectivity index (χ0v) is 60.2. The second-order valence-electron chi connectivity index (χ2n) is 29.0. The molecule has 106 heavy (non-hydrogen) atoms. The van der Waals surface area contributed by atoms with E-state index in [1.54, 1.807) is 11.3 Å².